The van der Waals surface area contributed by atoms with Gasteiger partial charge in [-0.1, -0.05) is 67.9 Å². The van der Waals surface area contributed by atoms with E-state index in [0.29, 0.717) is 23.4 Å². The molecule has 0 fully saturated rings. The lowest BCUT2D eigenvalue weighted by Gasteiger charge is -2.22. The van der Waals surface area contributed by atoms with Gasteiger partial charge in [0.05, 0.1) is 17.0 Å². The maximum Gasteiger partial charge on any atom is 0.352 e. The van der Waals surface area contributed by atoms with E-state index >= 15 is 4.39 Å². The smallest absolute Gasteiger partial charge is 0.352 e. The Morgan fingerprint density at radius 2 is 1.70 bits per heavy atom. The highest BCUT2D eigenvalue weighted by atomic mass is 35.5. The van der Waals surface area contributed by atoms with Gasteiger partial charge in [-0.05, 0) is 48.1 Å². The SMILES string of the molecule is CCn1c(COCc2ccccc2)nn(-c2c(C(C)C)c3ccc(F)cc3c(=O)n2-c2c(F)cccc2Cl)c1=O. The minimum atomic E-state index is -0.782. The third kappa shape index (κ3) is 4.87. The van der Waals surface area contributed by atoms with Crippen molar-refractivity contribution in [2.75, 3.05) is 0 Å². The monoisotopic (exact) mass is 564 g/mol. The molecule has 206 valence electrons. The Hall–Kier alpha value is -4.08. The maximum absolute atomic E-state index is 15.4. The fourth-order valence-corrected chi connectivity index (χ4v) is 5.16. The Bertz CT molecular complexity index is 1810. The average molecular weight is 565 g/mol. The third-order valence-electron chi connectivity index (χ3n) is 6.70. The minimum Gasteiger partial charge on any atom is -0.369 e. The highest BCUT2D eigenvalue weighted by molar-refractivity contribution is 6.32. The van der Waals surface area contributed by atoms with Crippen LogP contribution in [-0.2, 0) is 24.5 Å². The molecule has 0 radical (unpaired) electrons. The molecular weight excluding hydrogens is 538 g/mol. The standard InChI is InChI=1S/C30H27ClF2N4O3/c1-4-35-25(17-40-16-19-9-6-5-7-10-19)34-37(30(35)39)28-26(18(2)3)21-14-13-20(32)15-22(21)29(38)36(28)27-23(31)11-8-12-24(27)33/h5-15,18H,4,16-17H2,1-3H3. The zero-order valence-corrected chi connectivity index (χ0v) is 23.0. The second-order valence-corrected chi connectivity index (χ2v) is 10.0. The zero-order chi connectivity index (χ0) is 28.6. The van der Waals surface area contributed by atoms with E-state index in [4.69, 9.17) is 16.3 Å². The molecule has 7 nitrogen and oxygen atoms in total. The molecule has 5 rings (SSSR count). The Kier molecular flexibility index (Phi) is 7.69. The van der Waals surface area contributed by atoms with Crippen molar-refractivity contribution in [3.63, 3.8) is 0 Å². The summed E-state index contributed by atoms with van der Waals surface area (Å²) in [6.45, 7) is 6.13. The van der Waals surface area contributed by atoms with Gasteiger partial charge in [0, 0.05) is 12.1 Å². The van der Waals surface area contributed by atoms with Crippen molar-refractivity contribution in [2.45, 2.75) is 46.4 Å². The van der Waals surface area contributed by atoms with Crippen molar-refractivity contribution in [3.8, 4) is 11.5 Å². The van der Waals surface area contributed by atoms with Crippen LogP contribution in [0.2, 0.25) is 5.02 Å². The molecule has 0 N–H and O–H groups in total. The molecule has 0 aliphatic rings. The Morgan fingerprint density at radius 1 is 0.950 bits per heavy atom. The van der Waals surface area contributed by atoms with Gasteiger partial charge in [0.15, 0.2) is 11.6 Å². The summed E-state index contributed by atoms with van der Waals surface area (Å²) in [5, 5.41) is 4.99. The van der Waals surface area contributed by atoms with Crippen LogP contribution < -0.4 is 11.2 Å². The van der Waals surface area contributed by atoms with Crippen LogP contribution in [-0.4, -0.2) is 18.9 Å². The van der Waals surface area contributed by atoms with E-state index in [1.54, 1.807) is 6.92 Å². The second kappa shape index (κ2) is 11.2. The van der Waals surface area contributed by atoms with Gasteiger partial charge in [-0.2, -0.15) is 4.68 Å². The topological polar surface area (TPSA) is 71.0 Å². The van der Waals surface area contributed by atoms with Crippen molar-refractivity contribution < 1.29 is 13.5 Å². The zero-order valence-electron chi connectivity index (χ0n) is 22.2. The molecule has 0 aliphatic heterocycles. The van der Waals surface area contributed by atoms with Gasteiger partial charge in [-0.3, -0.25) is 13.9 Å². The van der Waals surface area contributed by atoms with Gasteiger partial charge in [0.1, 0.15) is 23.9 Å². The summed E-state index contributed by atoms with van der Waals surface area (Å²) in [4.78, 5) is 27.7. The van der Waals surface area contributed by atoms with Crippen LogP contribution in [0.4, 0.5) is 8.78 Å². The van der Waals surface area contributed by atoms with Crippen molar-refractivity contribution in [1.29, 1.82) is 0 Å². The summed E-state index contributed by atoms with van der Waals surface area (Å²) in [6, 6.07) is 17.4. The lowest BCUT2D eigenvalue weighted by molar-refractivity contribution is 0.0989. The van der Waals surface area contributed by atoms with E-state index in [0.717, 1.165) is 20.9 Å². The number of aromatic nitrogens is 4. The minimum absolute atomic E-state index is 0.0193. The number of para-hydroxylation sites is 1. The van der Waals surface area contributed by atoms with Crippen LogP contribution >= 0.6 is 11.6 Å². The number of hydrogen-bond donors (Lipinski definition) is 0. The van der Waals surface area contributed by atoms with E-state index < -0.39 is 22.9 Å². The molecular formula is C30H27ClF2N4O3. The van der Waals surface area contributed by atoms with Crippen molar-refractivity contribution in [1.82, 2.24) is 18.9 Å². The molecule has 2 aromatic heterocycles. The molecule has 0 bridgehead atoms. The summed E-state index contributed by atoms with van der Waals surface area (Å²) < 4.78 is 39.1. The van der Waals surface area contributed by atoms with Crippen LogP contribution in [0.25, 0.3) is 22.3 Å². The van der Waals surface area contributed by atoms with Gasteiger partial charge in [0.25, 0.3) is 5.56 Å². The van der Waals surface area contributed by atoms with Gasteiger partial charge >= 0.3 is 5.69 Å². The van der Waals surface area contributed by atoms with Gasteiger partial charge in [-0.15, -0.1) is 5.10 Å². The number of nitrogens with zero attached hydrogens (tertiary/aromatic N) is 4. The van der Waals surface area contributed by atoms with E-state index in [2.05, 4.69) is 5.10 Å². The number of benzene rings is 3. The third-order valence-corrected chi connectivity index (χ3v) is 7.00. The lowest BCUT2D eigenvalue weighted by Crippen LogP contribution is -2.32. The normalized spacial score (nSPS) is 11.6. The Labute approximate surface area is 233 Å². The lowest BCUT2D eigenvalue weighted by atomic mass is 9.96. The number of hydrogen-bond acceptors (Lipinski definition) is 4. The van der Waals surface area contributed by atoms with Crippen LogP contribution in [0.15, 0.2) is 76.3 Å². The number of fused-ring (bicyclic) bond motifs is 1. The molecule has 0 atom stereocenters. The highest BCUT2D eigenvalue weighted by Gasteiger charge is 2.28. The van der Waals surface area contributed by atoms with Gasteiger partial charge < -0.3 is 4.74 Å². The molecule has 10 heteroatoms. The van der Waals surface area contributed by atoms with Crippen molar-refractivity contribution in [2.24, 2.45) is 0 Å². The van der Waals surface area contributed by atoms with Crippen LogP contribution in [0.3, 0.4) is 0 Å². The predicted octanol–water partition coefficient (Wildman–Crippen LogP) is 6.13. The Balaban J connectivity index is 1.80. The number of ether oxygens (including phenoxy) is 1. The number of rotatable bonds is 8. The second-order valence-electron chi connectivity index (χ2n) is 9.63. The van der Waals surface area contributed by atoms with Crippen LogP contribution in [0.5, 0.6) is 0 Å². The largest absolute Gasteiger partial charge is 0.369 e. The highest BCUT2D eigenvalue weighted by Crippen LogP contribution is 2.33. The maximum atomic E-state index is 15.4. The van der Waals surface area contributed by atoms with Gasteiger partial charge in [-0.25, -0.2) is 13.6 Å². The number of halogens is 3. The molecule has 0 spiro atoms. The fraction of sp³-hybridized carbons (Fsp3) is 0.233. The van der Waals surface area contributed by atoms with Gasteiger partial charge in [0.2, 0.25) is 0 Å². The first-order valence-corrected chi connectivity index (χ1v) is 13.2. The quantitative estimate of drug-likeness (QED) is 0.227. The molecule has 0 aliphatic carbocycles. The number of pyridine rings is 1. The first-order chi connectivity index (χ1) is 19.2. The summed E-state index contributed by atoms with van der Waals surface area (Å²) in [6.07, 6.45) is 0. The van der Waals surface area contributed by atoms with E-state index in [9.17, 15) is 14.0 Å². The van der Waals surface area contributed by atoms with E-state index in [-0.39, 0.29) is 41.0 Å². The molecule has 40 heavy (non-hydrogen) atoms. The molecule has 0 unspecified atom stereocenters. The summed E-state index contributed by atoms with van der Waals surface area (Å²) in [5.41, 5.74) is -0.0599. The first-order valence-electron chi connectivity index (χ1n) is 12.9. The molecule has 5 aromatic rings. The molecule has 2 heterocycles. The van der Waals surface area contributed by atoms with E-state index in [1.165, 1.54) is 34.9 Å². The Morgan fingerprint density at radius 3 is 2.38 bits per heavy atom. The average Bonchev–Trinajstić information content (AvgIpc) is 3.24. The van der Waals surface area contributed by atoms with Crippen LogP contribution in [0, 0.1) is 11.6 Å². The summed E-state index contributed by atoms with van der Waals surface area (Å²) >= 11 is 6.43. The van der Waals surface area contributed by atoms with Crippen molar-refractivity contribution >= 4 is 22.4 Å². The molecule has 0 saturated heterocycles. The predicted molar refractivity (Wildman–Crippen MR) is 151 cm³/mol. The molecule has 3 aromatic carbocycles. The summed E-state index contributed by atoms with van der Waals surface area (Å²) in [5.74, 6) is -1.32. The summed E-state index contributed by atoms with van der Waals surface area (Å²) in [7, 11) is 0. The fourth-order valence-electron chi connectivity index (χ4n) is 4.91. The van der Waals surface area contributed by atoms with E-state index in [1.807, 2.05) is 44.2 Å². The first kappa shape index (κ1) is 27.5. The molecule has 0 saturated carbocycles. The van der Waals surface area contributed by atoms with Crippen molar-refractivity contribution in [3.05, 3.63) is 121 Å². The van der Waals surface area contributed by atoms with Crippen LogP contribution in [0.1, 0.15) is 43.6 Å². The molecule has 0 amide bonds.